The lowest BCUT2D eigenvalue weighted by Crippen LogP contribution is -2.10. The molecule has 1 fully saturated rings. The van der Waals surface area contributed by atoms with Gasteiger partial charge in [0.05, 0.1) is 0 Å². The van der Waals surface area contributed by atoms with Gasteiger partial charge in [-0.15, -0.1) is 0 Å². The Bertz CT molecular complexity index is 147. The number of aliphatic hydroxyl groups excluding tert-OH is 1. The van der Waals surface area contributed by atoms with E-state index in [0.717, 1.165) is 0 Å². The summed E-state index contributed by atoms with van der Waals surface area (Å²) in [6, 6.07) is 0. The number of hydrogen-bond acceptors (Lipinski definition) is 2. The summed E-state index contributed by atoms with van der Waals surface area (Å²) in [5, 5.41) is 8.60. The number of halogens is 2. The molecule has 0 aromatic heterocycles. The minimum absolute atomic E-state index is 0.101. The topological polar surface area (TPSA) is 37.3 Å². The van der Waals surface area contributed by atoms with E-state index in [1.54, 1.807) is 0 Å². The number of rotatable bonds is 3. The molecule has 0 aliphatic heterocycles. The van der Waals surface area contributed by atoms with Crippen LogP contribution in [-0.2, 0) is 4.79 Å². The Balaban J connectivity index is 2.23. The van der Waals surface area contributed by atoms with Gasteiger partial charge in [0.15, 0.2) is 0 Å². The summed E-state index contributed by atoms with van der Waals surface area (Å²) >= 11 is 0. The molecule has 0 aromatic rings. The molecule has 0 amide bonds. The fourth-order valence-corrected chi connectivity index (χ4v) is 0.872. The molecular weight excluding hydrogens is 142 g/mol. The molecule has 1 N–H and O–H groups in total. The highest BCUT2D eigenvalue weighted by atomic mass is 19.3. The molecule has 0 spiro atoms. The van der Waals surface area contributed by atoms with Gasteiger partial charge in [-0.1, -0.05) is 0 Å². The second kappa shape index (κ2) is 2.27. The lowest BCUT2D eigenvalue weighted by molar-refractivity contribution is -0.115. The average molecular weight is 150 g/mol. The van der Waals surface area contributed by atoms with Crippen LogP contribution >= 0.6 is 0 Å². The molecule has 1 rings (SSSR count). The summed E-state index contributed by atoms with van der Waals surface area (Å²) < 4.78 is 24.1. The molecule has 1 saturated carbocycles. The summed E-state index contributed by atoms with van der Waals surface area (Å²) in [6.45, 7) is 0. The summed E-state index contributed by atoms with van der Waals surface area (Å²) in [4.78, 5) is 9.78. The molecule has 2 nitrogen and oxygen atoms in total. The highest BCUT2D eigenvalue weighted by molar-refractivity contribution is 5.55. The van der Waals surface area contributed by atoms with Crippen molar-refractivity contribution >= 4 is 6.29 Å². The maximum Gasteiger partial charge on any atom is 0.251 e. The molecular formula is C6H8F2O2. The fourth-order valence-electron chi connectivity index (χ4n) is 0.872. The standard InChI is InChI=1S/C6H8F2O2/c7-6(8)2-4(6)1-5(10)3-9/h3-5,10H,1-2H2. The first-order valence-electron chi connectivity index (χ1n) is 3.07. The molecule has 10 heavy (non-hydrogen) atoms. The molecule has 2 atom stereocenters. The summed E-state index contributed by atoms with van der Waals surface area (Å²) in [6.07, 6.45) is -1.21. The number of aldehydes is 1. The van der Waals surface area contributed by atoms with Crippen molar-refractivity contribution in [3.05, 3.63) is 0 Å². The second-order valence-corrected chi connectivity index (χ2v) is 2.60. The van der Waals surface area contributed by atoms with Crippen LogP contribution in [0.25, 0.3) is 0 Å². The van der Waals surface area contributed by atoms with Crippen LogP contribution in [0.15, 0.2) is 0 Å². The van der Waals surface area contributed by atoms with Gasteiger partial charge in [-0.2, -0.15) is 0 Å². The van der Waals surface area contributed by atoms with E-state index in [0.29, 0.717) is 0 Å². The van der Waals surface area contributed by atoms with E-state index >= 15 is 0 Å². The predicted molar refractivity (Wildman–Crippen MR) is 29.7 cm³/mol. The fraction of sp³-hybridized carbons (Fsp3) is 0.833. The van der Waals surface area contributed by atoms with Gasteiger partial charge in [0.25, 0.3) is 5.92 Å². The van der Waals surface area contributed by atoms with Gasteiger partial charge in [0, 0.05) is 12.3 Å². The van der Waals surface area contributed by atoms with Crippen molar-refractivity contribution in [1.29, 1.82) is 0 Å². The molecule has 4 heteroatoms. The normalized spacial score (nSPS) is 31.3. The first-order chi connectivity index (χ1) is 4.56. The highest BCUT2D eigenvalue weighted by Gasteiger charge is 2.56. The quantitative estimate of drug-likeness (QED) is 0.598. The van der Waals surface area contributed by atoms with Crippen LogP contribution in [0.1, 0.15) is 12.8 Å². The minimum Gasteiger partial charge on any atom is -0.386 e. The zero-order chi connectivity index (χ0) is 7.78. The van der Waals surface area contributed by atoms with Gasteiger partial charge in [-0.25, -0.2) is 8.78 Å². The van der Waals surface area contributed by atoms with Gasteiger partial charge >= 0.3 is 0 Å². The van der Waals surface area contributed by atoms with Crippen molar-refractivity contribution in [2.45, 2.75) is 24.9 Å². The molecule has 0 bridgehead atoms. The lowest BCUT2D eigenvalue weighted by Gasteiger charge is -1.99. The van der Waals surface area contributed by atoms with Crippen molar-refractivity contribution in [1.82, 2.24) is 0 Å². The molecule has 0 aromatic carbocycles. The summed E-state index contributed by atoms with van der Waals surface area (Å²) in [5.74, 6) is -3.39. The second-order valence-electron chi connectivity index (χ2n) is 2.60. The largest absolute Gasteiger partial charge is 0.386 e. The summed E-state index contributed by atoms with van der Waals surface area (Å²) in [7, 11) is 0. The third kappa shape index (κ3) is 1.50. The van der Waals surface area contributed by atoms with E-state index in [9.17, 15) is 13.6 Å². The predicted octanol–water partition coefficient (Wildman–Crippen LogP) is 0.591. The van der Waals surface area contributed by atoms with Gasteiger partial charge in [-0.05, 0) is 6.42 Å². The Morgan fingerprint density at radius 2 is 2.30 bits per heavy atom. The SMILES string of the molecule is O=CC(O)CC1CC1(F)F. The van der Waals surface area contributed by atoms with Crippen LogP contribution in [0.5, 0.6) is 0 Å². The van der Waals surface area contributed by atoms with Crippen LogP contribution in [0.3, 0.4) is 0 Å². The summed E-state index contributed by atoms with van der Waals surface area (Å²) in [5.41, 5.74) is 0. The Labute approximate surface area is 56.8 Å². The van der Waals surface area contributed by atoms with Crippen LogP contribution in [0.4, 0.5) is 8.78 Å². The van der Waals surface area contributed by atoms with E-state index < -0.39 is 17.9 Å². The van der Waals surface area contributed by atoms with E-state index in [1.165, 1.54) is 0 Å². The third-order valence-electron chi connectivity index (χ3n) is 1.64. The van der Waals surface area contributed by atoms with E-state index in [-0.39, 0.29) is 19.1 Å². The van der Waals surface area contributed by atoms with Crippen LogP contribution in [0.2, 0.25) is 0 Å². The lowest BCUT2D eigenvalue weighted by atomic mass is 10.2. The van der Waals surface area contributed by atoms with E-state index in [4.69, 9.17) is 5.11 Å². The van der Waals surface area contributed by atoms with Gasteiger partial charge in [-0.3, -0.25) is 0 Å². The Kier molecular flexibility index (Phi) is 1.72. The number of alkyl halides is 2. The molecule has 0 saturated heterocycles. The van der Waals surface area contributed by atoms with Crippen molar-refractivity contribution in [2.75, 3.05) is 0 Å². The van der Waals surface area contributed by atoms with Crippen molar-refractivity contribution in [2.24, 2.45) is 5.92 Å². The minimum atomic E-state index is -2.62. The molecule has 58 valence electrons. The van der Waals surface area contributed by atoms with E-state index in [1.807, 2.05) is 0 Å². The molecule has 2 unspecified atom stereocenters. The van der Waals surface area contributed by atoms with E-state index in [2.05, 4.69) is 0 Å². The van der Waals surface area contributed by atoms with Crippen LogP contribution in [0, 0.1) is 5.92 Å². The third-order valence-corrected chi connectivity index (χ3v) is 1.64. The molecule has 1 aliphatic carbocycles. The Hall–Kier alpha value is -0.510. The smallest absolute Gasteiger partial charge is 0.251 e. The number of carbonyl (C=O) groups is 1. The Morgan fingerprint density at radius 1 is 1.80 bits per heavy atom. The number of hydrogen-bond donors (Lipinski definition) is 1. The molecule has 0 heterocycles. The van der Waals surface area contributed by atoms with Gasteiger partial charge in [0.2, 0.25) is 0 Å². The van der Waals surface area contributed by atoms with Gasteiger partial charge in [0.1, 0.15) is 12.4 Å². The average Bonchev–Trinajstić information content (AvgIpc) is 2.40. The Morgan fingerprint density at radius 3 is 2.60 bits per heavy atom. The molecule has 0 radical (unpaired) electrons. The van der Waals surface area contributed by atoms with Crippen LogP contribution in [-0.4, -0.2) is 23.4 Å². The van der Waals surface area contributed by atoms with Crippen molar-refractivity contribution in [3.63, 3.8) is 0 Å². The van der Waals surface area contributed by atoms with Crippen LogP contribution < -0.4 is 0 Å². The molecule has 1 aliphatic rings. The van der Waals surface area contributed by atoms with Gasteiger partial charge < -0.3 is 9.90 Å². The highest BCUT2D eigenvalue weighted by Crippen LogP contribution is 2.50. The number of aliphatic hydroxyl groups is 1. The number of carbonyl (C=O) groups excluding carboxylic acids is 1. The first kappa shape index (κ1) is 7.60. The van der Waals surface area contributed by atoms with Crippen molar-refractivity contribution in [3.8, 4) is 0 Å². The maximum atomic E-state index is 12.1. The maximum absolute atomic E-state index is 12.1. The first-order valence-corrected chi connectivity index (χ1v) is 3.07. The zero-order valence-electron chi connectivity index (χ0n) is 5.26. The zero-order valence-corrected chi connectivity index (χ0v) is 5.26. The monoisotopic (exact) mass is 150 g/mol. The van der Waals surface area contributed by atoms with Crippen molar-refractivity contribution < 1.29 is 18.7 Å².